The van der Waals surface area contributed by atoms with Crippen molar-refractivity contribution in [3.05, 3.63) is 29.8 Å². The van der Waals surface area contributed by atoms with Crippen LogP contribution in [0.2, 0.25) is 0 Å². The standard InChI is InChI=1S/C12H12F3NO3S/c1-7(17)16-10(6-11(18)19)8-2-4-9(5-3-8)20-12(13,14)15/h2-5,10H,6H2,1H3,(H,16,17)(H,18,19)/t10-/m0/s1. The average Bonchev–Trinajstić information content (AvgIpc) is 2.25. The highest BCUT2D eigenvalue weighted by molar-refractivity contribution is 8.00. The molecule has 1 aromatic carbocycles. The first-order valence-corrected chi connectivity index (χ1v) is 6.33. The van der Waals surface area contributed by atoms with E-state index in [0.29, 0.717) is 5.56 Å². The van der Waals surface area contributed by atoms with Crippen molar-refractivity contribution < 1.29 is 27.9 Å². The molecule has 0 bridgehead atoms. The van der Waals surface area contributed by atoms with Gasteiger partial charge in [-0.1, -0.05) is 12.1 Å². The van der Waals surface area contributed by atoms with Gasteiger partial charge in [-0.2, -0.15) is 13.2 Å². The van der Waals surface area contributed by atoms with Gasteiger partial charge in [0, 0.05) is 11.8 Å². The Labute approximate surface area is 117 Å². The molecule has 0 aliphatic carbocycles. The monoisotopic (exact) mass is 307 g/mol. The van der Waals surface area contributed by atoms with Crippen LogP contribution in [0.15, 0.2) is 29.2 Å². The lowest BCUT2D eigenvalue weighted by Gasteiger charge is -2.16. The van der Waals surface area contributed by atoms with E-state index in [1.807, 2.05) is 0 Å². The summed E-state index contributed by atoms with van der Waals surface area (Å²) in [6.45, 7) is 1.24. The molecule has 8 heteroatoms. The van der Waals surface area contributed by atoms with Crippen LogP contribution in [0.3, 0.4) is 0 Å². The number of amides is 1. The number of nitrogens with one attached hydrogen (secondary N) is 1. The second-order valence-corrected chi connectivity index (χ2v) is 5.11. The second-order valence-electron chi connectivity index (χ2n) is 3.97. The van der Waals surface area contributed by atoms with Crippen molar-refractivity contribution in [2.45, 2.75) is 29.8 Å². The molecular formula is C12H12F3NO3S. The van der Waals surface area contributed by atoms with Crippen molar-refractivity contribution in [3.63, 3.8) is 0 Å². The maximum atomic E-state index is 12.2. The van der Waals surface area contributed by atoms with E-state index in [0.717, 1.165) is 0 Å². The third kappa shape index (κ3) is 5.96. The van der Waals surface area contributed by atoms with Crippen molar-refractivity contribution >= 4 is 23.6 Å². The highest BCUT2D eigenvalue weighted by Gasteiger charge is 2.29. The second kappa shape index (κ2) is 6.65. The van der Waals surface area contributed by atoms with E-state index in [1.165, 1.54) is 31.2 Å². The molecule has 1 aromatic rings. The quantitative estimate of drug-likeness (QED) is 0.821. The van der Waals surface area contributed by atoms with E-state index in [9.17, 15) is 22.8 Å². The summed E-state index contributed by atoms with van der Waals surface area (Å²) >= 11 is -0.255. The molecule has 0 aliphatic heterocycles. The van der Waals surface area contributed by atoms with Crippen molar-refractivity contribution in [1.82, 2.24) is 5.32 Å². The fourth-order valence-corrected chi connectivity index (χ4v) is 2.11. The van der Waals surface area contributed by atoms with E-state index in [4.69, 9.17) is 5.11 Å². The van der Waals surface area contributed by atoms with Gasteiger partial charge in [-0.05, 0) is 29.5 Å². The Morgan fingerprint density at radius 1 is 1.30 bits per heavy atom. The smallest absolute Gasteiger partial charge is 0.446 e. The van der Waals surface area contributed by atoms with Gasteiger partial charge in [-0.25, -0.2) is 0 Å². The predicted octanol–water partition coefficient (Wildman–Crippen LogP) is 2.95. The number of halogens is 3. The van der Waals surface area contributed by atoms with Crippen LogP contribution in [-0.4, -0.2) is 22.5 Å². The molecule has 0 saturated carbocycles. The van der Waals surface area contributed by atoms with E-state index >= 15 is 0 Å². The van der Waals surface area contributed by atoms with Crippen LogP contribution < -0.4 is 5.32 Å². The molecule has 0 spiro atoms. The molecule has 110 valence electrons. The first-order valence-electron chi connectivity index (χ1n) is 5.52. The number of carbonyl (C=O) groups excluding carboxylic acids is 1. The van der Waals surface area contributed by atoms with Crippen molar-refractivity contribution in [2.24, 2.45) is 0 Å². The molecule has 0 aliphatic rings. The fraction of sp³-hybridized carbons (Fsp3) is 0.333. The summed E-state index contributed by atoms with van der Waals surface area (Å²) in [6, 6.07) is 4.46. The fourth-order valence-electron chi connectivity index (χ4n) is 1.57. The third-order valence-electron chi connectivity index (χ3n) is 2.27. The number of carboxylic acids is 1. The predicted molar refractivity (Wildman–Crippen MR) is 67.2 cm³/mol. The molecule has 4 nitrogen and oxygen atoms in total. The summed E-state index contributed by atoms with van der Waals surface area (Å²) < 4.78 is 36.5. The van der Waals surface area contributed by atoms with Crippen LogP contribution in [0.5, 0.6) is 0 Å². The minimum absolute atomic E-state index is 0.00171. The molecular weight excluding hydrogens is 295 g/mol. The first-order chi connectivity index (χ1) is 9.17. The lowest BCUT2D eigenvalue weighted by atomic mass is 10.0. The molecule has 1 atom stereocenters. The van der Waals surface area contributed by atoms with Gasteiger partial charge < -0.3 is 10.4 Å². The van der Waals surface area contributed by atoms with Gasteiger partial charge in [0.2, 0.25) is 5.91 Å². The van der Waals surface area contributed by atoms with Crippen molar-refractivity contribution in [1.29, 1.82) is 0 Å². The van der Waals surface area contributed by atoms with E-state index in [1.54, 1.807) is 0 Å². The first kappa shape index (κ1) is 16.4. The van der Waals surface area contributed by atoms with Gasteiger partial charge in [-0.3, -0.25) is 9.59 Å². The SMILES string of the molecule is CC(=O)N[C@@H](CC(=O)O)c1ccc(SC(F)(F)F)cc1. The summed E-state index contributed by atoms with van der Waals surface area (Å²) in [6.07, 6.45) is -0.342. The van der Waals surface area contributed by atoms with Gasteiger partial charge in [-0.15, -0.1) is 0 Å². The number of hydrogen-bond acceptors (Lipinski definition) is 3. The summed E-state index contributed by atoms with van der Waals surface area (Å²) in [5.74, 6) is -1.53. The van der Waals surface area contributed by atoms with Crippen molar-refractivity contribution in [2.75, 3.05) is 0 Å². The van der Waals surface area contributed by atoms with Gasteiger partial charge in [0.25, 0.3) is 0 Å². The van der Waals surface area contributed by atoms with Crippen LogP contribution in [0.1, 0.15) is 24.9 Å². The number of carbonyl (C=O) groups is 2. The Balaban J connectivity index is 2.86. The Hall–Kier alpha value is -1.70. The van der Waals surface area contributed by atoms with Gasteiger partial charge in [0.15, 0.2) is 0 Å². The van der Waals surface area contributed by atoms with Crippen LogP contribution in [0.4, 0.5) is 13.2 Å². The molecule has 1 amide bonds. The molecule has 0 heterocycles. The summed E-state index contributed by atoms with van der Waals surface area (Å²) in [4.78, 5) is 21.7. The third-order valence-corrected chi connectivity index (χ3v) is 3.01. The molecule has 1 rings (SSSR count). The Kier molecular flexibility index (Phi) is 5.43. The van der Waals surface area contributed by atoms with Gasteiger partial charge in [0.05, 0.1) is 12.5 Å². The van der Waals surface area contributed by atoms with Gasteiger partial charge >= 0.3 is 11.5 Å². The zero-order valence-corrected chi connectivity index (χ0v) is 11.2. The molecule has 0 unspecified atom stereocenters. The number of aliphatic carboxylic acids is 1. The lowest BCUT2D eigenvalue weighted by Crippen LogP contribution is -2.27. The zero-order valence-electron chi connectivity index (χ0n) is 10.4. The summed E-state index contributed by atoms with van der Waals surface area (Å²) in [5.41, 5.74) is -3.94. The van der Waals surface area contributed by atoms with Crippen LogP contribution in [0.25, 0.3) is 0 Å². The normalized spacial score (nSPS) is 12.8. The highest BCUT2D eigenvalue weighted by atomic mass is 32.2. The molecule has 0 fully saturated rings. The minimum atomic E-state index is -4.38. The largest absolute Gasteiger partial charge is 0.481 e. The maximum Gasteiger partial charge on any atom is 0.446 e. The van der Waals surface area contributed by atoms with Crippen LogP contribution in [0, 0.1) is 0 Å². The molecule has 2 N–H and O–H groups in total. The number of rotatable bonds is 5. The molecule has 0 saturated heterocycles. The lowest BCUT2D eigenvalue weighted by molar-refractivity contribution is -0.137. The van der Waals surface area contributed by atoms with Gasteiger partial charge in [0.1, 0.15) is 0 Å². The van der Waals surface area contributed by atoms with E-state index in [-0.39, 0.29) is 23.1 Å². The molecule has 20 heavy (non-hydrogen) atoms. The van der Waals surface area contributed by atoms with Crippen molar-refractivity contribution in [3.8, 4) is 0 Å². The number of benzene rings is 1. The zero-order chi connectivity index (χ0) is 15.3. The van der Waals surface area contributed by atoms with E-state index < -0.39 is 23.4 Å². The Morgan fingerprint density at radius 2 is 1.85 bits per heavy atom. The highest BCUT2D eigenvalue weighted by Crippen LogP contribution is 2.37. The minimum Gasteiger partial charge on any atom is -0.481 e. The Bertz CT molecular complexity index is 472. The number of carboxylic acid groups (broad SMARTS) is 1. The average molecular weight is 307 g/mol. The summed E-state index contributed by atoms with van der Waals surface area (Å²) in [5, 5.41) is 11.2. The number of hydrogen-bond donors (Lipinski definition) is 2. The molecule has 0 radical (unpaired) electrons. The van der Waals surface area contributed by atoms with Crippen LogP contribution >= 0.6 is 11.8 Å². The van der Waals surface area contributed by atoms with Crippen LogP contribution in [-0.2, 0) is 9.59 Å². The Morgan fingerprint density at radius 3 is 2.25 bits per heavy atom. The maximum absolute atomic E-state index is 12.2. The topological polar surface area (TPSA) is 66.4 Å². The number of alkyl halides is 3. The van der Waals surface area contributed by atoms with E-state index in [2.05, 4.69) is 5.32 Å². The molecule has 0 aromatic heterocycles. The summed E-state index contributed by atoms with van der Waals surface area (Å²) in [7, 11) is 0. The number of thioether (sulfide) groups is 1.